The lowest BCUT2D eigenvalue weighted by Gasteiger charge is -2.35. The molecule has 34 heavy (non-hydrogen) atoms. The molecule has 0 spiro atoms. The van der Waals surface area contributed by atoms with Gasteiger partial charge in [-0.1, -0.05) is 11.6 Å². The number of nitrogens with zero attached hydrogens (tertiary/aromatic N) is 4. The van der Waals surface area contributed by atoms with Crippen LogP contribution in [-0.2, 0) is 10.9 Å². The normalized spacial score (nSPS) is 19.8. The number of fused-ring (bicyclic) bond motifs is 1. The molecule has 1 atom stereocenters. The molecule has 8 nitrogen and oxygen atoms in total. The van der Waals surface area contributed by atoms with Gasteiger partial charge in [0.05, 0.1) is 24.6 Å². The average Bonchev–Trinajstić information content (AvgIpc) is 3.52. The van der Waals surface area contributed by atoms with Crippen LogP contribution in [0.1, 0.15) is 35.8 Å². The maximum absolute atomic E-state index is 13.8. The zero-order chi connectivity index (χ0) is 24.2. The molecule has 0 aliphatic carbocycles. The van der Waals surface area contributed by atoms with Crippen molar-refractivity contribution in [1.82, 2.24) is 19.2 Å². The summed E-state index contributed by atoms with van der Waals surface area (Å²) in [7, 11) is 0. The predicted molar refractivity (Wildman–Crippen MR) is 114 cm³/mol. The van der Waals surface area contributed by atoms with Gasteiger partial charge in [0.25, 0.3) is 5.91 Å². The van der Waals surface area contributed by atoms with E-state index in [9.17, 15) is 22.8 Å². The summed E-state index contributed by atoms with van der Waals surface area (Å²) in [6, 6.07) is 2.42. The Balaban J connectivity index is 1.43. The van der Waals surface area contributed by atoms with Gasteiger partial charge in [-0.15, -0.1) is 0 Å². The molecule has 3 aromatic rings. The molecule has 0 radical (unpaired) electrons. The molecule has 180 valence electrons. The summed E-state index contributed by atoms with van der Waals surface area (Å²) in [5.41, 5.74) is -1.05. The van der Waals surface area contributed by atoms with Crippen molar-refractivity contribution < 1.29 is 31.9 Å². The number of ether oxygens (including phenoxy) is 1. The van der Waals surface area contributed by atoms with Gasteiger partial charge in [-0.2, -0.15) is 13.2 Å². The number of halogens is 4. The number of amides is 2. The van der Waals surface area contributed by atoms with Crippen LogP contribution >= 0.6 is 11.6 Å². The van der Waals surface area contributed by atoms with Crippen molar-refractivity contribution in [2.75, 3.05) is 19.6 Å². The molecular weight excluding hydrogens is 477 g/mol. The molecule has 5 rings (SSSR count). The molecular formula is C22H20ClF3N4O4. The van der Waals surface area contributed by atoms with Crippen LogP contribution in [0.25, 0.3) is 16.8 Å². The SMILES string of the molecule is C[C@H]1CN(C2CCN(C(=O)c3nc4c(C(F)(F)F)cc(-c5ccoc5)cn4c3Cl)CC2)C(=O)O1. The summed E-state index contributed by atoms with van der Waals surface area (Å²) in [5, 5.41) is -0.199. The number of carbonyl (C=O) groups is 2. The minimum absolute atomic E-state index is 0.0626. The van der Waals surface area contributed by atoms with Gasteiger partial charge in [0.1, 0.15) is 11.3 Å². The fourth-order valence-electron chi connectivity index (χ4n) is 4.51. The fraction of sp³-hybridized carbons (Fsp3) is 0.409. The minimum Gasteiger partial charge on any atom is -0.472 e. The van der Waals surface area contributed by atoms with E-state index in [0.717, 1.165) is 10.5 Å². The van der Waals surface area contributed by atoms with E-state index in [4.69, 9.17) is 20.8 Å². The van der Waals surface area contributed by atoms with Crippen LogP contribution in [0.15, 0.2) is 35.3 Å². The first kappa shape index (κ1) is 22.6. The molecule has 2 fully saturated rings. The first-order chi connectivity index (χ1) is 16.1. The number of rotatable bonds is 3. The largest absolute Gasteiger partial charge is 0.472 e. The van der Waals surface area contributed by atoms with Gasteiger partial charge in [0, 0.05) is 36.5 Å². The van der Waals surface area contributed by atoms with Gasteiger partial charge >= 0.3 is 12.3 Å². The number of aromatic nitrogens is 2. The van der Waals surface area contributed by atoms with Crippen molar-refractivity contribution in [3.05, 3.63) is 47.3 Å². The van der Waals surface area contributed by atoms with Crippen molar-refractivity contribution in [1.29, 1.82) is 0 Å². The van der Waals surface area contributed by atoms with Crippen LogP contribution in [0.3, 0.4) is 0 Å². The lowest BCUT2D eigenvalue weighted by molar-refractivity contribution is -0.136. The molecule has 0 saturated carbocycles. The van der Waals surface area contributed by atoms with Gasteiger partial charge in [0.15, 0.2) is 11.3 Å². The van der Waals surface area contributed by atoms with Gasteiger partial charge in [-0.05, 0) is 31.9 Å². The topological polar surface area (TPSA) is 80.3 Å². The standard InChI is InChI=1S/C22H20ClF3N4O4/c1-12-9-29(21(32)34-12)15-2-5-28(6-3-15)20(31)17-18(23)30-10-14(13-4-7-33-11-13)8-16(19(30)27-17)22(24,25)26/h4,7-8,10-12,15H,2-3,5-6,9H2,1H3/t12-/m0/s1. The van der Waals surface area contributed by atoms with Gasteiger partial charge in [0.2, 0.25) is 0 Å². The van der Waals surface area contributed by atoms with E-state index in [0.29, 0.717) is 38.0 Å². The number of pyridine rings is 1. The van der Waals surface area contributed by atoms with E-state index in [-0.39, 0.29) is 34.6 Å². The number of cyclic esters (lactones) is 1. The molecule has 0 aromatic carbocycles. The van der Waals surface area contributed by atoms with Crippen molar-refractivity contribution in [2.45, 2.75) is 38.1 Å². The second-order valence-electron chi connectivity index (χ2n) is 8.47. The summed E-state index contributed by atoms with van der Waals surface area (Å²) in [6.45, 7) is 2.95. The molecule has 2 aliphatic heterocycles. The molecule has 2 saturated heterocycles. The highest BCUT2D eigenvalue weighted by Crippen LogP contribution is 2.37. The minimum atomic E-state index is -4.71. The second-order valence-corrected chi connectivity index (χ2v) is 8.83. The fourth-order valence-corrected chi connectivity index (χ4v) is 4.76. The van der Waals surface area contributed by atoms with Crippen LogP contribution in [0, 0.1) is 0 Å². The highest BCUT2D eigenvalue weighted by Gasteiger charge is 2.39. The van der Waals surface area contributed by atoms with Crippen molar-refractivity contribution in [3.63, 3.8) is 0 Å². The van der Waals surface area contributed by atoms with E-state index in [2.05, 4.69) is 4.98 Å². The lowest BCUT2D eigenvalue weighted by Crippen LogP contribution is -2.47. The summed E-state index contributed by atoms with van der Waals surface area (Å²) in [5.74, 6) is -0.553. The van der Waals surface area contributed by atoms with E-state index in [1.165, 1.54) is 29.7 Å². The maximum Gasteiger partial charge on any atom is 0.420 e. The Hall–Kier alpha value is -3.21. The van der Waals surface area contributed by atoms with E-state index in [1.54, 1.807) is 4.90 Å². The zero-order valence-corrected chi connectivity index (χ0v) is 18.8. The van der Waals surface area contributed by atoms with Gasteiger partial charge in [-0.25, -0.2) is 9.78 Å². The molecule has 12 heteroatoms. The summed E-state index contributed by atoms with van der Waals surface area (Å²) < 4.78 is 52.7. The summed E-state index contributed by atoms with van der Waals surface area (Å²) >= 11 is 6.39. The van der Waals surface area contributed by atoms with Gasteiger partial charge < -0.3 is 19.0 Å². The Kier molecular flexibility index (Phi) is 5.46. The summed E-state index contributed by atoms with van der Waals surface area (Å²) in [4.78, 5) is 32.3. The van der Waals surface area contributed by atoms with Crippen LogP contribution in [0.2, 0.25) is 5.15 Å². The molecule has 0 N–H and O–H groups in total. The Morgan fingerprint density at radius 1 is 1.24 bits per heavy atom. The number of piperidine rings is 1. The zero-order valence-electron chi connectivity index (χ0n) is 18.0. The van der Waals surface area contributed by atoms with E-state index in [1.807, 2.05) is 6.92 Å². The number of furan rings is 1. The highest BCUT2D eigenvalue weighted by atomic mass is 35.5. The maximum atomic E-state index is 13.8. The lowest BCUT2D eigenvalue weighted by atomic mass is 10.0. The van der Waals surface area contributed by atoms with Crippen LogP contribution in [-0.4, -0.2) is 63.0 Å². The molecule has 2 aliphatic rings. The van der Waals surface area contributed by atoms with E-state index < -0.39 is 23.3 Å². The number of carbonyl (C=O) groups excluding carboxylic acids is 2. The van der Waals surface area contributed by atoms with Crippen molar-refractivity contribution in [2.24, 2.45) is 0 Å². The number of imidazole rings is 1. The number of likely N-dealkylation sites (tertiary alicyclic amines) is 1. The number of alkyl halides is 3. The first-order valence-electron chi connectivity index (χ1n) is 10.7. The second kappa shape index (κ2) is 8.23. The summed E-state index contributed by atoms with van der Waals surface area (Å²) in [6.07, 6.45) is -0.145. The molecule has 5 heterocycles. The molecule has 0 unspecified atom stereocenters. The third-order valence-corrected chi connectivity index (χ3v) is 6.57. The molecule has 2 amide bonds. The Morgan fingerprint density at radius 3 is 2.56 bits per heavy atom. The molecule has 3 aromatic heterocycles. The third kappa shape index (κ3) is 3.87. The number of hydrogen-bond donors (Lipinski definition) is 0. The quantitative estimate of drug-likeness (QED) is 0.524. The predicted octanol–water partition coefficient (Wildman–Crippen LogP) is 4.71. The monoisotopic (exact) mass is 496 g/mol. The van der Waals surface area contributed by atoms with Crippen LogP contribution < -0.4 is 0 Å². The van der Waals surface area contributed by atoms with E-state index >= 15 is 0 Å². The molecule has 0 bridgehead atoms. The average molecular weight is 497 g/mol. The third-order valence-electron chi connectivity index (χ3n) is 6.21. The van der Waals surface area contributed by atoms with Crippen molar-refractivity contribution in [3.8, 4) is 11.1 Å². The van der Waals surface area contributed by atoms with Crippen LogP contribution in [0.4, 0.5) is 18.0 Å². The Bertz CT molecular complexity index is 1250. The highest BCUT2D eigenvalue weighted by molar-refractivity contribution is 6.33. The Morgan fingerprint density at radius 2 is 1.97 bits per heavy atom. The smallest absolute Gasteiger partial charge is 0.420 e. The number of hydrogen-bond acceptors (Lipinski definition) is 5. The Labute approximate surface area is 196 Å². The van der Waals surface area contributed by atoms with Crippen LogP contribution in [0.5, 0.6) is 0 Å². The van der Waals surface area contributed by atoms with Gasteiger partial charge in [-0.3, -0.25) is 9.20 Å². The first-order valence-corrected chi connectivity index (χ1v) is 11.1. The van der Waals surface area contributed by atoms with Crippen molar-refractivity contribution >= 4 is 29.2 Å².